The molecular formula is C13H8F3NO3. The zero-order valence-electron chi connectivity index (χ0n) is 9.81. The van der Waals surface area contributed by atoms with Crippen LogP contribution < -0.4 is 0 Å². The highest BCUT2D eigenvalue weighted by Crippen LogP contribution is 2.26. The van der Waals surface area contributed by atoms with Gasteiger partial charge >= 0.3 is 0 Å². The minimum atomic E-state index is -1.65. The fraction of sp³-hybridized carbons (Fsp3) is 0. The number of hydrogen-bond acceptors (Lipinski definition) is 4. The van der Waals surface area contributed by atoms with Crippen molar-refractivity contribution < 1.29 is 28.6 Å². The Hall–Kier alpha value is -2.70. The third-order valence-corrected chi connectivity index (χ3v) is 2.59. The van der Waals surface area contributed by atoms with Gasteiger partial charge in [-0.05, 0) is 24.3 Å². The number of halogens is 3. The predicted octanol–water partition coefficient (Wildman–Crippen LogP) is 2.74. The quantitative estimate of drug-likeness (QED) is 0.343. The van der Waals surface area contributed by atoms with Gasteiger partial charge in [-0.15, -0.1) is 0 Å². The molecule has 0 aliphatic rings. The highest BCUT2D eigenvalue weighted by atomic mass is 19.2. The molecule has 0 amide bonds. The molecule has 0 saturated carbocycles. The van der Waals surface area contributed by atoms with Crippen LogP contribution in [0.2, 0.25) is 0 Å². The number of benzene rings is 2. The van der Waals surface area contributed by atoms with Gasteiger partial charge in [0.1, 0.15) is 17.2 Å². The van der Waals surface area contributed by atoms with Crippen molar-refractivity contribution in [3.8, 4) is 11.5 Å². The first-order valence-corrected chi connectivity index (χ1v) is 5.33. The Morgan fingerprint density at radius 2 is 1.55 bits per heavy atom. The number of oxime groups is 1. The molecule has 0 fully saturated rings. The molecule has 0 saturated heterocycles. The molecule has 0 atom stereocenters. The molecule has 0 radical (unpaired) electrons. The van der Waals surface area contributed by atoms with E-state index in [9.17, 15) is 18.3 Å². The maximum Gasteiger partial charge on any atom is 0.194 e. The molecule has 2 rings (SSSR count). The summed E-state index contributed by atoms with van der Waals surface area (Å²) in [6.07, 6.45) is 0. The second kappa shape index (κ2) is 5.12. The number of nitrogens with zero attached hydrogens (tertiary/aromatic N) is 1. The minimum absolute atomic E-state index is 0.0873. The molecule has 2 aromatic carbocycles. The Balaban J connectivity index is 2.59. The summed E-state index contributed by atoms with van der Waals surface area (Å²) in [6, 6.07) is 4.56. The lowest BCUT2D eigenvalue weighted by molar-refractivity contribution is 0.319. The van der Waals surface area contributed by atoms with E-state index in [2.05, 4.69) is 5.16 Å². The number of phenols is 2. The van der Waals surface area contributed by atoms with Crippen LogP contribution in [-0.4, -0.2) is 21.1 Å². The highest BCUT2D eigenvalue weighted by molar-refractivity contribution is 6.14. The van der Waals surface area contributed by atoms with Crippen LogP contribution in [0.25, 0.3) is 0 Å². The van der Waals surface area contributed by atoms with Crippen LogP contribution in [0.4, 0.5) is 13.2 Å². The average Bonchev–Trinajstić information content (AvgIpc) is 2.39. The van der Waals surface area contributed by atoms with Gasteiger partial charge in [0.05, 0.1) is 0 Å². The predicted molar refractivity (Wildman–Crippen MR) is 63.5 cm³/mol. The van der Waals surface area contributed by atoms with E-state index in [0.29, 0.717) is 12.1 Å². The third-order valence-electron chi connectivity index (χ3n) is 2.59. The molecule has 0 aliphatic heterocycles. The molecule has 3 N–H and O–H groups in total. The second-order valence-corrected chi connectivity index (χ2v) is 3.90. The van der Waals surface area contributed by atoms with E-state index < -0.39 is 23.2 Å². The number of aromatic hydroxyl groups is 2. The van der Waals surface area contributed by atoms with Crippen LogP contribution in [0.15, 0.2) is 35.5 Å². The Bertz CT molecular complexity index is 678. The summed E-state index contributed by atoms with van der Waals surface area (Å²) in [4.78, 5) is 0. The maximum absolute atomic E-state index is 13.2. The van der Waals surface area contributed by atoms with Gasteiger partial charge in [0.15, 0.2) is 17.5 Å². The monoisotopic (exact) mass is 283 g/mol. The smallest absolute Gasteiger partial charge is 0.194 e. The van der Waals surface area contributed by atoms with Crippen LogP contribution in [0.1, 0.15) is 11.1 Å². The molecule has 0 spiro atoms. The number of phenolic OH excluding ortho intramolecular Hbond substituents is 2. The molecular weight excluding hydrogens is 275 g/mol. The van der Waals surface area contributed by atoms with Gasteiger partial charge in [0, 0.05) is 17.2 Å². The first-order valence-electron chi connectivity index (χ1n) is 5.33. The summed E-state index contributed by atoms with van der Waals surface area (Å²) < 4.78 is 39.2. The van der Waals surface area contributed by atoms with Crippen LogP contribution >= 0.6 is 0 Å². The summed E-state index contributed by atoms with van der Waals surface area (Å²) >= 11 is 0. The Kier molecular flexibility index (Phi) is 3.51. The van der Waals surface area contributed by atoms with Crippen molar-refractivity contribution in [1.29, 1.82) is 0 Å². The van der Waals surface area contributed by atoms with E-state index in [-0.39, 0.29) is 22.6 Å². The molecule has 4 nitrogen and oxygen atoms in total. The van der Waals surface area contributed by atoms with Gasteiger partial charge in [0.2, 0.25) is 0 Å². The van der Waals surface area contributed by atoms with Gasteiger partial charge in [-0.25, -0.2) is 13.2 Å². The summed E-state index contributed by atoms with van der Waals surface area (Å²) in [6.45, 7) is 0. The molecule has 104 valence electrons. The third kappa shape index (κ3) is 2.37. The topological polar surface area (TPSA) is 73.1 Å². The van der Waals surface area contributed by atoms with Gasteiger partial charge < -0.3 is 15.4 Å². The Morgan fingerprint density at radius 3 is 2.05 bits per heavy atom. The normalized spacial score (nSPS) is 11.7. The SMILES string of the molecule is ON=C(c1cc(F)c(F)c(F)c1)c1ccc(O)cc1O. The molecule has 20 heavy (non-hydrogen) atoms. The first kappa shape index (κ1) is 13.7. The van der Waals surface area contributed by atoms with E-state index in [1.165, 1.54) is 12.1 Å². The van der Waals surface area contributed by atoms with Crippen molar-refractivity contribution in [1.82, 2.24) is 0 Å². The van der Waals surface area contributed by atoms with Crippen molar-refractivity contribution in [3.05, 3.63) is 58.9 Å². The van der Waals surface area contributed by atoms with Gasteiger partial charge in [-0.3, -0.25) is 0 Å². The zero-order chi connectivity index (χ0) is 14.9. The lowest BCUT2D eigenvalue weighted by Crippen LogP contribution is -2.06. The summed E-state index contributed by atoms with van der Waals surface area (Å²) in [7, 11) is 0. The van der Waals surface area contributed by atoms with Crippen LogP contribution in [-0.2, 0) is 0 Å². The van der Waals surface area contributed by atoms with Crippen molar-refractivity contribution in [3.63, 3.8) is 0 Å². The Labute approximate surface area is 111 Å². The standard InChI is InChI=1S/C13H8F3NO3/c14-9-3-6(4-10(15)12(9)16)13(17-20)8-2-1-7(18)5-11(8)19/h1-5,18-20H. The minimum Gasteiger partial charge on any atom is -0.508 e. The molecule has 0 bridgehead atoms. The van der Waals surface area contributed by atoms with Gasteiger partial charge in [-0.2, -0.15) is 0 Å². The van der Waals surface area contributed by atoms with E-state index in [4.69, 9.17) is 10.3 Å². The first-order chi connectivity index (χ1) is 9.43. The number of hydrogen-bond donors (Lipinski definition) is 3. The van der Waals surface area contributed by atoms with Gasteiger partial charge in [0.25, 0.3) is 0 Å². The largest absolute Gasteiger partial charge is 0.508 e. The fourth-order valence-corrected chi connectivity index (χ4v) is 1.68. The molecule has 0 aromatic heterocycles. The van der Waals surface area contributed by atoms with Crippen LogP contribution in [0, 0.1) is 17.5 Å². The lowest BCUT2D eigenvalue weighted by Gasteiger charge is -2.08. The Morgan fingerprint density at radius 1 is 0.950 bits per heavy atom. The zero-order valence-corrected chi connectivity index (χ0v) is 9.81. The van der Waals surface area contributed by atoms with Crippen LogP contribution in [0.5, 0.6) is 11.5 Å². The highest BCUT2D eigenvalue weighted by Gasteiger charge is 2.18. The van der Waals surface area contributed by atoms with Crippen molar-refractivity contribution in [2.45, 2.75) is 0 Å². The fourth-order valence-electron chi connectivity index (χ4n) is 1.68. The average molecular weight is 283 g/mol. The summed E-state index contributed by atoms with van der Waals surface area (Å²) in [5, 5.41) is 30.6. The second-order valence-electron chi connectivity index (χ2n) is 3.90. The van der Waals surface area contributed by atoms with Crippen LogP contribution in [0.3, 0.4) is 0 Å². The number of rotatable bonds is 2. The molecule has 2 aromatic rings. The molecule has 0 unspecified atom stereocenters. The van der Waals surface area contributed by atoms with Crippen molar-refractivity contribution >= 4 is 5.71 Å². The van der Waals surface area contributed by atoms with Gasteiger partial charge in [-0.1, -0.05) is 5.16 Å². The van der Waals surface area contributed by atoms with E-state index in [1.807, 2.05) is 0 Å². The van der Waals surface area contributed by atoms with E-state index in [0.717, 1.165) is 6.07 Å². The maximum atomic E-state index is 13.2. The van der Waals surface area contributed by atoms with E-state index in [1.54, 1.807) is 0 Å². The molecule has 0 aliphatic carbocycles. The van der Waals surface area contributed by atoms with Crippen molar-refractivity contribution in [2.75, 3.05) is 0 Å². The summed E-state index contributed by atoms with van der Waals surface area (Å²) in [5.41, 5.74) is -0.735. The summed E-state index contributed by atoms with van der Waals surface area (Å²) in [5.74, 6) is -5.29. The lowest BCUT2D eigenvalue weighted by atomic mass is 10.0. The van der Waals surface area contributed by atoms with E-state index >= 15 is 0 Å². The van der Waals surface area contributed by atoms with Crippen molar-refractivity contribution in [2.24, 2.45) is 5.16 Å². The molecule has 7 heteroatoms. The molecule has 0 heterocycles.